The molecule has 0 aliphatic rings. The molecule has 5 aromatic heterocycles. The Morgan fingerprint density at radius 2 is 0.692 bits per heavy atom. The third kappa shape index (κ3) is 16.5. The standard InChI is InChI=1S/C58H80N2S5/c1-5-9-13-17-21-25-29-45-39-41-61-51(45)35-37-53-47(31-27-23-19-15-11-7-3)43-55(63-53)49-33-34-50(58-57(49)59-65-60-58)56-44-48(32-28-24-20-16-12-8-4)54(64-56)38-36-52-46(40-42-62-52)30-26-22-18-14-10-6-2/h33-44H,5-32H2,1-4H3/b37-35+,38-36+. The molecular formula is C58H80N2S5. The van der Waals surface area contributed by atoms with Crippen LogP contribution in [0.1, 0.15) is 224 Å². The van der Waals surface area contributed by atoms with Gasteiger partial charge in [0, 0.05) is 40.4 Å². The minimum absolute atomic E-state index is 1.05. The molecule has 6 rings (SSSR count). The number of benzene rings is 1. The maximum atomic E-state index is 5.03. The predicted octanol–water partition coefficient (Wildman–Crippen LogP) is 21.2. The normalized spacial score (nSPS) is 12.1. The van der Waals surface area contributed by atoms with E-state index < -0.39 is 0 Å². The minimum Gasteiger partial charge on any atom is -0.172 e. The second kappa shape index (κ2) is 29.9. The lowest BCUT2D eigenvalue weighted by Crippen LogP contribution is -1.87. The summed E-state index contributed by atoms with van der Waals surface area (Å²) in [5, 5.41) is 4.58. The average Bonchev–Trinajstić information content (AvgIpc) is 4.19. The highest BCUT2D eigenvalue weighted by atomic mass is 32.1. The molecule has 0 spiro atoms. The SMILES string of the molecule is CCCCCCCCc1ccsc1/C=C/c1sc(-c2ccc(-c3cc(CCCCCCCC)c(/C=C/c4sccc4CCCCCCCC)s3)c3nsnc23)cc1CCCCCCCC. The molecule has 0 saturated carbocycles. The van der Waals surface area contributed by atoms with Crippen molar-refractivity contribution < 1.29 is 0 Å². The van der Waals surface area contributed by atoms with Crippen LogP contribution in [-0.4, -0.2) is 8.75 Å². The first kappa shape index (κ1) is 51.7. The highest BCUT2D eigenvalue weighted by molar-refractivity contribution is 7.17. The van der Waals surface area contributed by atoms with Gasteiger partial charge in [-0.3, -0.25) is 0 Å². The minimum atomic E-state index is 1.05. The Balaban J connectivity index is 1.24. The smallest absolute Gasteiger partial charge is 0.114 e. The Kier molecular flexibility index (Phi) is 23.8. The summed E-state index contributed by atoms with van der Waals surface area (Å²) in [6, 6.07) is 14.4. The first-order valence-corrected chi connectivity index (χ1v) is 30.3. The number of hydrogen-bond acceptors (Lipinski definition) is 7. The molecule has 5 heterocycles. The van der Waals surface area contributed by atoms with Crippen LogP contribution in [0.15, 0.2) is 47.2 Å². The van der Waals surface area contributed by atoms with Crippen LogP contribution in [-0.2, 0) is 25.7 Å². The molecule has 0 amide bonds. The monoisotopic (exact) mass is 964 g/mol. The van der Waals surface area contributed by atoms with E-state index in [0.29, 0.717) is 0 Å². The fraction of sp³-hybridized carbons (Fsp3) is 0.552. The molecule has 0 saturated heterocycles. The highest BCUT2D eigenvalue weighted by Crippen LogP contribution is 2.43. The van der Waals surface area contributed by atoms with Gasteiger partial charge in [0.05, 0.1) is 11.7 Å². The molecule has 0 atom stereocenters. The molecule has 0 N–H and O–H groups in total. The van der Waals surface area contributed by atoms with E-state index in [9.17, 15) is 0 Å². The molecule has 1 aromatic carbocycles. The van der Waals surface area contributed by atoms with Crippen molar-refractivity contribution in [3.63, 3.8) is 0 Å². The van der Waals surface area contributed by atoms with Crippen LogP contribution in [0.25, 0.3) is 56.2 Å². The predicted molar refractivity (Wildman–Crippen MR) is 299 cm³/mol. The topological polar surface area (TPSA) is 25.8 Å². The lowest BCUT2D eigenvalue weighted by molar-refractivity contribution is 0.607. The summed E-state index contributed by atoms with van der Waals surface area (Å²) < 4.78 is 10.1. The Hall–Kier alpha value is -2.68. The van der Waals surface area contributed by atoms with E-state index in [-0.39, 0.29) is 0 Å². The van der Waals surface area contributed by atoms with Gasteiger partial charge in [0.25, 0.3) is 0 Å². The number of nitrogens with zero attached hydrogens (tertiary/aromatic N) is 2. The Bertz CT molecular complexity index is 2120. The Labute approximate surface area is 415 Å². The molecular weight excluding hydrogens is 885 g/mol. The van der Waals surface area contributed by atoms with Gasteiger partial charge in [0.15, 0.2) is 0 Å². The van der Waals surface area contributed by atoms with E-state index in [0.717, 1.165) is 23.9 Å². The van der Waals surface area contributed by atoms with E-state index in [1.165, 1.54) is 241 Å². The zero-order chi connectivity index (χ0) is 45.3. The first-order valence-electron chi connectivity index (χ1n) is 26.1. The van der Waals surface area contributed by atoms with E-state index >= 15 is 0 Å². The number of aryl methyl sites for hydroxylation is 4. The third-order valence-corrected chi connectivity index (χ3v) is 17.9. The molecule has 0 bridgehead atoms. The van der Waals surface area contributed by atoms with Crippen LogP contribution in [0.3, 0.4) is 0 Å². The van der Waals surface area contributed by atoms with Crippen molar-refractivity contribution in [2.75, 3.05) is 0 Å². The van der Waals surface area contributed by atoms with Crippen LogP contribution in [0.2, 0.25) is 0 Å². The summed E-state index contributed by atoms with van der Waals surface area (Å²) in [6.07, 6.45) is 46.3. The molecule has 352 valence electrons. The van der Waals surface area contributed by atoms with Crippen LogP contribution >= 0.6 is 57.1 Å². The Morgan fingerprint density at radius 3 is 1.06 bits per heavy atom. The summed E-state index contributed by atoms with van der Waals surface area (Å²) in [7, 11) is 0. The lowest BCUT2D eigenvalue weighted by atomic mass is 10.0. The van der Waals surface area contributed by atoms with Crippen LogP contribution < -0.4 is 0 Å². The van der Waals surface area contributed by atoms with Gasteiger partial charge in [-0.25, -0.2) is 0 Å². The second-order valence-corrected chi connectivity index (χ2v) is 23.1. The highest BCUT2D eigenvalue weighted by Gasteiger charge is 2.19. The van der Waals surface area contributed by atoms with Gasteiger partial charge in [0.1, 0.15) is 11.0 Å². The zero-order valence-corrected chi connectivity index (χ0v) is 44.7. The summed E-state index contributed by atoms with van der Waals surface area (Å²) in [4.78, 5) is 8.31. The average molecular weight is 966 g/mol. The lowest BCUT2D eigenvalue weighted by Gasteiger charge is -2.04. The Morgan fingerprint density at radius 1 is 0.369 bits per heavy atom. The zero-order valence-electron chi connectivity index (χ0n) is 40.7. The molecule has 0 unspecified atom stereocenters. The number of fused-ring (bicyclic) bond motifs is 1. The van der Waals surface area contributed by atoms with Crippen molar-refractivity contribution in [1.29, 1.82) is 0 Å². The van der Waals surface area contributed by atoms with E-state index in [1.807, 2.05) is 45.3 Å². The maximum Gasteiger partial charge on any atom is 0.114 e. The molecule has 2 nitrogen and oxygen atoms in total. The molecule has 0 fully saturated rings. The van der Waals surface area contributed by atoms with Gasteiger partial charge < -0.3 is 0 Å². The summed E-state index contributed by atoms with van der Waals surface area (Å²) in [5.74, 6) is 0. The number of rotatable bonds is 34. The third-order valence-electron chi connectivity index (χ3n) is 13.2. The summed E-state index contributed by atoms with van der Waals surface area (Å²) >= 11 is 9.06. The molecule has 6 aromatic rings. The van der Waals surface area contributed by atoms with E-state index in [1.54, 1.807) is 0 Å². The van der Waals surface area contributed by atoms with Crippen molar-refractivity contribution in [3.05, 3.63) is 88.9 Å². The quantitative estimate of drug-likeness (QED) is 0.0377. The fourth-order valence-electron chi connectivity index (χ4n) is 9.17. The van der Waals surface area contributed by atoms with E-state index in [2.05, 4.69) is 99.2 Å². The number of aromatic nitrogens is 2. The fourth-order valence-corrected chi connectivity index (χ4v) is 13.7. The van der Waals surface area contributed by atoms with Crippen LogP contribution in [0.5, 0.6) is 0 Å². The van der Waals surface area contributed by atoms with Crippen molar-refractivity contribution >= 4 is 92.4 Å². The van der Waals surface area contributed by atoms with E-state index in [4.69, 9.17) is 8.75 Å². The number of thiophene rings is 4. The summed E-state index contributed by atoms with van der Waals surface area (Å²) in [6.45, 7) is 9.22. The number of unbranched alkanes of at least 4 members (excludes halogenated alkanes) is 20. The van der Waals surface area contributed by atoms with Crippen LogP contribution in [0.4, 0.5) is 0 Å². The summed E-state index contributed by atoms with van der Waals surface area (Å²) in [5.41, 5.74) is 10.6. The maximum absolute atomic E-state index is 5.03. The molecule has 65 heavy (non-hydrogen) atoms. The van der Waals surface area contributed by atoms with Crippen molar-refractivity contribution in [3.8, 4) is 20.9 Å². The van der Waals surface area contributed by atoms with Gasteiger partial charge in [-0.15, -0.1) is 45.3 Å². The van der Waals surface area contributed by atoms with Gasteiger partial charge in [-0.1, -0.05) is 168 Å². The largest absolute Gasteiger partial charge is 0.172 e. The van der Waals surface area contributed by atoms with Crippen molar-refractivity contribution in [2.24, 2.45) is 0 Å². The molecule has 0 aliphatic heterocycles. The van der Waals surface area contributed by atoms with Crippen molar-refractivity contribution in [1.82, 2.24) is 8.75 Å². The molecule has 0 radical (unpaired) electrons. The van der Waals surface area contributed by atoms with Gasteiger partial charge in [-0.2, -0.15) is 8.75 Å². The molecule has 0 aliphatic carbocycles. The van der Waals surface area contributed by atoms with Gasteiger partial charge in [-0.05, 0) is 133 Å². The first-order chi connectivity index (χ1) is 32.1. The number of hydrogen-bond donors (Lipinski definition) is 0. The van der Waals surface area contributed by atoms with Gasteiger partial charge >= 0.3 is 0 Å². The van der Waals surface area contributed by atoms with Crippen LogP contribution in [0, 0.1) is 0 Å². The second-order valence-electron chi connectivity index (χ2n) is 18.5. The van der Waals surface area contributed by atoms with Gasteiger partial charge in [0.2, 0.25) is 0 Å². The molecule has 7 heteroatoms. The van der Waals surface area contributed by atoms with Crippen molar-refractivity contribution in [2.45, 2.75) is 207 Å².